The molecule has 2 unspecified atom stereocenters. The Bertz CT molecular complexity index is 816. The molecule has 158 valence electrons. The van der Waals surface area contributed by atoms with Crippen LogP contribution in [0.4, 0.5) is 0 Å². The maximum atomic E-state index is 4.95. The third kappa shape index (κ3) is 5.33. The molecule has 0 spiro atoms. The van der Waals surface area contributed by atoms with Crippen LogP contribution in [0.2, 0.25) is 0 Å². The minimum absolute atomic E-state index is 0.119. The van der Waals surface area contributed by atoms with Crippen LogP contribution in [0.5, 0.6) is 0 Å². The summed E-state index contributed by atoms with van der Waals surface area (Å²) >= 11 is 0. The first-order valence-corrected chi connectivity index (χ1v) is 11.2. The van der Waals surface area contributed by atoms with Crippen molar-refractivity contribution in [1.29, 1.82) is 0 Å². The van der Waals surface area contributed by atoms with Crippen molar-refractivity contribution in [1.82, 2.24) is 4.98 Å². The Morgan fingerprint density at radius 1 is 0.800 bits per heavy atom. The first-order valence-electron chi connectivity index (χ1n) is 11.2. The van der Waals surface area contributed by atoms with E-state index in [-0.39, 0.29) is 11.1 Å². The first kappa shape index (κ1) is 22.1. The van der Waals surface area contributed by atoms with Crippen LogP contribution in [-0.4, -0.2) is 28.5 Å². The van der Waals surface area contributed by atoms with Crippen LogP contribution in [0.1, 0.15) is 51.9 Å². The van der Waals surface area contributed by atoms with Crippen molar-refractivity contribution in [2.75, 3.05) is 0 Å². The summed E-state index contributed by atoms with van der Waals surface area (Å²) in [6, 6.07) is 6.24. The van der Waals surface area contributed by atoms with Crippen molar-refractivity contribution in [3.63, 3.8) is 0 Å². The van der Waals surface area contributed by atoms with E-state index < -0.39 is 0 Å². The van der Waals surface area contributed by atoms with Crippen LogP contribution >= 0.6 is 0 Å². The molecule has 0 aliphatic heterocycles. The number of allylic oxidation sites excluding steroid dienone is 4. The largest absolute Gasteiger partial charge is 0.286 e. The maximum Gasteiger partial charge on any atom is 0.0844 e. The van der Waals surface area contributed by atoms with Gasteiger partial charge in [0.25, 0.3) is 0 Å². The SMILES string of the molecule is CC(C)C1(N=CCc2cccc(CC=NC3(C(C)C)C=CC=CC3)n2)C=CC=CC1. The van der Waals surface area contributed by atoms with Gasteiger partial charge in [0.1, 0.15) is 0 Å². The van der Waals surface area contributed by atoms with Crippen LogP contribution in [0.25, 0.3) is 0 Å². The van der Waals surface area contributed by atoms with Gasteiger partial charge in [-0.3, -0.25) is 15.0 Å². The predicted octanol–water partition coefficient (Wildman–Crippen LogP) is 6.13. The lowest BCUT2D eigenvalue weighted by molar-refractivity contribution is 0.390. The van der Waals surface area contributed by atoms with Gasteiger partial charge in [0.15, 0.2) is 0 Å². The van der Waals surface area contributed by atoms with Crippen molar-refractivity contribution >= 4 is 12.4 Å². The summed E-state index contributed by atoms with van der Waals surface area (Å²) in [4.78, 5) is 14.7. The molecule has 3 nitrogen and oxygen atoms in total. The van der Waals surface area contributed by atoms with E-state index >= 15 is 0 Å². The van der Waals surface area contributed by atoms with E-state index in [1.807, 2.05) is 12.4 Å². The Morgan fingerprint density at radius 2 is 1.27 bits per heavy atom. The molecule has 30 heavy (non-hydrogen) atoms. The summed E-state index contributed by atoms with van der Waals surface area (Å²) < 4.78 is 0. The molecule has 0 fully saturated rings. The molecule has 2 atom stereocenters. The van der Waals surface area contributed by atoms with Crippen molar-refractivity contribution < 1.29 is 0 Å². The number of aliphatic imine (C=N–C) groups is 2. The highest BCUT2D eigenvalue weighted by Gasteiger charge is 2.30. The van der Waals surface area contributed by atoms with E-state index in [2.05, 4.69) is 94.5 Å². The zero-order valence-electron chi connectivity index (χ0n) is 18.8. The zero-order chi connectivity index (χ0) is 21.5. The van der Waals surface area contributed by atoms with E-state index in [4.69, 9.17) is 15.0 Å². The maximum absolute atomic E-state index is 4.95. The van der Waals surface area contributed by atoms with Crippen LogP contribution in [0, 0.1) is 11.8 Å². The zero-order valence-corrected chi connectivity index (χ0v) is 18.8. The third-order valence-electron chi connectivity index (χ3n) is 6.28. The van der Waals surface area contributed by atoms with E-state index in [0.717, 1.165) is 37.1 Å². The van der Waals surface area contributed by atoms with Crippen LogP contribution < -0.4 is 0 Å². The molecule has 2 aliphatic carbocycles. The minimum atomic E-state index is -0.119. The molecule has 0 saturated carbocycles. The second-order valence-electron chi connectivity index (χ2n) is 8.93. The lowest BCUT2D eigenvalue weighted by Crippen LogP contribution is -2.31. The molecule has 2 aliphatic rings. The number of nitrogens with zero attached hydrogens (tertiary/aromatic N) is 3. The van der Waals surface area contributed by atoms with Crippen molar-refractivity contribution in [2.24, 2.45) is 21.8 Å². The van der Waals surface area contributed by atoms with E-state index in [1.54, 1.807) is 0 Å². The molecule has 0 saturated heterocycles. The van der Waals surface area contributed by atoms with Gasteiger partial charge in [-0.05, 0) is 36.8 Å². The summed E-state index contributed by atoms with van der Waals surface area (Å²) in [7, 11) is 0. The minimum Gasteiger partial charge on any atom is -0.286 e. The number of pyridine rings is 1. The summed E-state index contributed by atoms with van der Waals surface area (Å²) in [5, 5.41) is 0. The fraction of sp³-hybridized carbons (Fsp3) is 0.444. The van der Waals surface area contributed by atoms with Crippen molar-refractivity contribution in [3.05, 3.63) is 78.2 Å². The predicted molar refractivity (Wildman–Crippen MR) is 130 cm³/mol. The monoisotopic (exact) mass is 401 g/mol. The molecule has 1 aromatic rings. The fourth-order valence-corrected chi connectivity index (χ4v) is 3.97. The Kier molecular flexibility index (Phi) is 7.36. The molecule has 0 bridgehead atoms. The average Bonchev–Trinajstić information content (AvgIpc) is 2.75. The highest BCUT2D eigenvalue weighted by atomic mass is 14.9. The second kappa shape index (κ2) is 9.97. The Hall–Kier alpha value is -2.55. The van der Waals surface area contributed by atoms with Gasteiger partial charge in [0.05, 0.1) is 11.1 Å². The molecule has 1 aromatic heterocycles. The normalized spacial score (nSPS) is 26.1. The second-order valence-corrected chi connectivity index (χ2v) is 8.93. The lowest BCUT2D eigenvalue weighted by atomic mass is 9.81. The van der Waals surface area contributed by atoms with Gasteiger partial charge in [-0.2, -0.15) is 0 Å². The molecular formula is C27H35N3. The molecule has 3 rings (SSSR count). The van der Waals surface area contributed by atoms with E-state index in [9.17, 15) is 0 Å². The fourth-order valence-electron chi connectivity index (χ4n) is 3.97. The van der Waals surface area contributed by atoms with Crippen LogP contribution in [0.3, 0.4) is 0 Å². The van der Waals surface area contributed by atoms with Gasteiger partial charge < -0.3 is 0 Å². The third-order valence-corrected chi connectivity index (χ3v) is 6.28. The number of hydrogen-bond acceptors (Lipinski definition) is 3. The number of rotatable bonds is 8. The van der Waals surface area contributed by atoms with Gasteiger partial charge >= 0.3 is 0 Å². The van der Waals surface area contributed by atoms with Gasteiger partial charge in [-0.15, -0.1) is 0 Å². The molecule has 0 amide bonds. The average molecular weight is 402 g/mol. The van der Waals surface area contributed by atoms with Gasteiger partial charge in [0, 0.05) is 36.7 Å². The number of aromatic nitrogens is 1. The highest BCUT2D eigenvalue weighted by Crippen LogP contribution is 2.31. The summed E-state index contributed by atoms with van der Waals surface area (Å²) in [5.74, 6) is 0.921. The molecule has 0 aromatic carbocycles. The van der Waals surface area contributed by atoms with E-state index in [1.165, 1.54) is 0 Å². The van der Waals surface area contributed by atoms with Crippen LogP contribution in [-0.2, 0) is 12.8 Å². The number of hydrogen-bond donors (Lipinski definition) is 0. The topological polar surface area (TPSA) is 37.6 Å². The van der Waals surface area contributed by atoms with Gasteiger partial charge in [-0.25, -0.2) is 0 Å². The lowest BCUT2D eigenvalue weighted by Gasteiger charge is -2.31. The Labute approximate surface area is 182 Å². The summed E-state index contributed by atoms with van der Waals surface area (Å²) in [6.07, 6.45) is 24.8. The standard InChI is InChI=1S/C27H35N3/c1-22(2)26(16-7-5-8-17-26)28-20-14-24-12-11-13-25(30-24)15-21-29-27(23(3)4)18-9-6-10-19-27/h5-13,16,18,20-23H,14-15,17,19H2,1-4H3. The van der Waals surface area contributed by atoms with Gasteiger partial charge in [0.2, 0.25) is 0 Å². The quantitative estimate of drug-likeness (QED) is 0.483. The van der Waals surface area contributed by atoms with Crippen molar-refractivity contribution in [2.45, 2.75) is 64.5 Å². The molecule has 3 heteroatoms. The van der Waals surface area contributed by atoms with Gasteiger partial charge in [-0.1, -0.05) is 82.4 Å². The first-order chi connectivity index (χ1) is 14.5. The van der Waals surface area contributed by atoms with Crippen molar-refractivity contribution in [3.8, 4) is 0 Å². The molecule has 0 N–H and O–H groups in total. The molecule has 1 heterocycles. The van der Waals surface area contributed by atoms with E-state index in [0.29, 0.717) is 11.8 Å². The molecular weight excluding hydrogens is 366 g/mol. The highest BCUT2D eigenvalue weighted by molar-refractivity contribution is 5.63. The molecule has 0 radical (unpaired) electrons. The summed E-state index contributed by atoms with van der Waals surface area (Å²) in [5.41, 5.74) is 1.87. The van der Waals surface area contributed by atoms with Crippen LogP contribution in [0.15, 0.2) is 76.8 Å². The smallest absolute Gasteiger partial charge is 0.0844 e. The summed E-state index contributed by atoms with van der Waals surface area (Å²) in [6.45, 7) is 8.95. The Morgan fingerprint density at radius 3 is 1.63 bits per heavy atom. The Balaban J connectivity index is 1.63.